The highest BCUT2D eigenvalue weighted by Gasteiger charge is 2.29. The van der Waals surface area contributed by atoms with Crippen molar-refractivity contribution in [1.29, 1.82) is 0 Å². The molecule has 0 bridgehead atoms. The quantitative estimate of drug-likeness (QED) is 0.726. The number of aromatic nitrogens is 3. The summed E-state index contributed by atoms with van der Waals surface area (Å²) in [5, 5.41) is 22.6. The molecular weight excluding hydrogens is 296 g/mol. The van der Waals surface area contributed by atoms with Gasteiger partial charge in [-0.25, -0.2) is 9.50 Å². The van der Waals surface area contributed by atoms with Crippen LogP contribution in [0.3, 0.4) is 0 Å². The number of hydrogen-bond donors (Lipinski definition) is 2. The predicted octanol–water partition coefficient (Wildman–Crippen LogP) is 3.52. The molecule has 114 valence electrons. The average Bonchev–Trinajstić information content (AvgIpc) is 3.15. The lowest BCUT2D eigenvalue weighted by atomic mass is 9.92. The molecule has 0 aliphatic heterocycles. The van der Waals surface area contributed by atoms with Crippen LogP contribution in [0.25, 0.3) is 16.9 Å². The van der Waals surface area contributed by atoms with Crippen LogP contribution in [0.5, 0.6) is 0 Å². The van der Waals surface area contributed by atoms with Crippen molar-refractivity contribution in [3.63, 3.8) is 0 Å². The molecule has 3 aromatic rings. The molecule has 0 spiro atoms. The van der Waals surface area contributed by atoms with Gasteiger partial charge in [-0.05, 0) is 49.3 Å². The Bertz CT molecular complexity index is 775. The molecular formula is C16H18N4OS. The maximum Gasteiger partial charge on any atom is 0.154 e. The van der Waals surface area contributed by atoms with E-state index in [1.54, 1.807) is 11.3 Å². The summed E-state index contributed by atoms with van der Waals surface area (Å²) < 4.78 is 1.83. The summed E-state index contributed by atoms with van der Waals surface area (Å²) in [4.78, 5) is 4.39. The Hall–Kier alpha value is -1.92. The topological polar surface area (TPSA) is 62.5 Å². The van der Waals surface area contributed by atoms with Gasteiger partial charge in [0.1, 0.15) is 11.5 Å². The number of hydrogen-bond acceptors (Lipinski definition) is 5. The summed E-state index contributed by atoms with van der Waals surface area (Å²) in [7, 11) is 0. The van der Waals surface area contributed by atoms with E-state index in [9.17, 15) is 5.11 Å². The van der Waals surface area contributed by atoms with E-state index in [0.29, 0.717) is 5.82 Å². The molecule has 3 aromatic heterocycles. The van der Waals surface area contributed by atoms with E-state index in [2.05, 4.69) is 26.8 Å². The van der Waals surface area contributed by atoms with Crippen molar-refractivity contribution < 1.29 is 5.11 Å². The van der Waals surface area contributed by atoms with Crippen molar-refractivity contribution in [3.8, 4) is 11.3 Å². The van der Waals surface area contributed by atoms with E-state index >= 15 is 0 Å². The van der Waals surface area contributed by atoms with Gasteiger partial charge >= 0.3 is 0 Å². The van der Waals surface area contributed by atoms with Crippen LogP contribution in [0.1, 0.15) is 32.1 Å². The number of nitrogens with zero attached hydrogens (tertiary/aromatic N) is 3. The molecule has 1 aliphatic carbocycles. The van der Waals surface area contributed by atoms with E-state index < -0.39 is 5.72 Å². The van der Waals surface area contributed by atoms with Gasteiger partial charge in [-0.2, -0.15) is 11.3 Å². The Morgan fingerprint density at radius 2 is 2.05 bits per heavy atom. The van der Waals surface area contributed by atoms with Crippen molar-refractivity contribution in [2.45, 2.75) is 37.8 Å². The van der Waals surface area contributed by atoms with E-state index in [1.807, 2.05) is 28.2 Å². The first-order valence-electron chi connectivity index (χ1n) is 7.61. The third-order valence-corrected chi connectivity index (χ3v) is 4.90. The highest BCUT2D eigenvalue weighted by Crippen LogP contribution is 2.29. The largest absolute Gasteiger partial charge is 0.371 e. The Morgan fingerprint density at radius 1 is 1.18 bits per heavy atom. The van der Waals surface area contributed by atoms with Crippen LogP contribution >= 0.6 is 11.3 Å². The van der Waals surface area contributed by atoms with Gasteiger partial charge in [0, 0.05) is 10.9 Å². The minimum Gasteiger partial charge on any atom is -0.371 e. The van der Waals surface area contributed by atoms with Gasteiger partial charge in [-0.3, -0.25) is 0 Å². The number of anilines is 1. The van der Waals surface area contributed by atoms with Crippen molar-refractivity contribution in [2.24, 2.45) is 0 Å². The zero-order chi connectivity index (χ0) is 15.0. The van der Waals surface area contributed by atoms with Crippen molar-refractivity contribution in [2.75, 3.05) is 5.32 Å². The fourth-order valence-electron chi connectivity index (χ4n) is 3.05. The van der Waals surface area contributed by atoms with E-state index in [4.69, 9.17) is 0 Å². The Morgan fingerprint density at radius 3 is 2.82 bits per heavy atom. The predicted molar refractivity (Wildman–Crippen MR) is 88.0 cm³/mol. The van der Waals surface area contributed by atoms with Gasteiger partial charge in [0.15, 0.2) is 5.65 Å². The molecule has 4 rings (SSSR count). The summed E-state index contributed by atoms with van der Waals surface area (Å²) in [6.45, 7) is 0. The fourth-order valence-corrected chi connectivity index (χ4v) is 3.70. The monoisotopic (exact) mass is 314 g/mol. The number of thiophene rings is 1. The summed E-state index contributed by atoms with van der Waals surface area (Å²) >= 11 is 1.65. The molecule has 0 radical (unpaired) electrons. The zero-order valence-corrected chi connectivity index (χ0v) is 13.0. The lowest BCUT2D eigenvalue weighted by Crippen LogP contribution is -2.40. The number of imidazole rings is 1. The number of rotatable bonds is 3. The molecule has 22 heavy (non-hydrogen) atoms. The minimum atomic E-state index is -0.831. The molecule has 1 fully saturated rings. The maximum atomic E-state index is 10.6. The third-order valence-electron chi connectivity index (χ3n) is 4.22. The Kier molecular flexibility index (Phi) is 3.35. The Balaban J connectivity index is 1.69. The number of nitrogens with one attached hydrogen (secondary N) is 1. The van der Waals surface area contributed by atoms with Crippen molar-refractivity contribution in [3.05, 3.63) is 35.2 Å². The van der Waals surface area contributed by atoms with Crippen LogP contribution < -0.4 is 5.32 Å². The highest BCUT2D eigenvalue weighted by molar-refractivity contribution is 7.08. The van der Waals surface area contributed by atoms with Gasteiger partial charge in [0.25, 0.3) is 0 Å². The van der Waals surface area contributed by atoms with E-state index in [1.165, 1.54) is 6.42 Å². The SMILES string of the molecule is OC1(Nc2ccc3ncc(-c4ccsc4)n3n2)CCCCC1. The molecule has 1 aliphatic rings. The maximum absolute atomic E-state index is 10.6. The number of aliphatic hydroxyl groups is 1. The molecule has 2 N–H and O–H groups in total. The van der Waals surface area contributed by atoms with Crippen LogP contribution in [0.2, 0.25) is 0 Å². The highest BCUT2D eigenvalue weighted by atomic mass is 32.1. The van der Waals surface area contributed by atoms with Crippen molar-refractivity contribution in [1.82, 2.24) is 14.6 Å². The molecule has 6 heteroatoms. The van der Waals surface area contributed by atoms with Crippen LogP contribution in [0, 0.1) is 0 Å². The summed E-state index contributed by atoms with van der Waals surface area (Å²) in [6.07, 6.45) is 6.68. The lowest BCUT2D eigenvalue weighted by molar-refractivity contribution is 0.0312. The molecule has 0 aromatic carbocycles. The van der Waals surface area contributed by atoms with Gasteiger partial charge < -0.3 is 10.4 Å². The first kappa shape index (κ1) is 13.7. The van der Waals surface area contributed by atoms with E-state index in [0.717, 1.165) is 42.6 Å². The van der Waals surface area contributed by atoms with Gasteiger partial charge in [-0.1, -0.05) is 6.42 Å². The van der Waals surface area contributed by atoms with Gasteiger partial charge in [-0.15, -0.1) is 5.10 Å². The third kappa shape index (κ3) is 2.48. The molecule has 0 saturated heterocycles. The molecule has 5 nitrogen and oxygen atoms in total. The van der Waals surface area contributed by atoms with Crippen molar-refractivity contribution >= 4 is 22.8 Å². The molecule has 0 atom stereocenters. The standard InChI is InChI=1S/C16H18N4OS/c21-16(7-2-1-3-8-16)18-14-4-5-15-17-10-13(20(15)19-14)12-6-9-22-11-12/h4-6,9-11,21H,1-3,7-8H2,(H,18,19). The van der Waals surface area contributed by atoms with Gasteiger partial charge in [0.05, 0.1) is 11.9 Å². The molecule has 3 heterocycles. The van der Waals surface area contributed by atoms with Crippen LogP contribution in [-0.4, -0.2) is 25.4 Å². The summed E-state index contributed by atoms with van der Waals surface area (Å²) in [6, 6.07) is 5.87. The fraction of sp³-hybridized carbons (Fsp3) is 0.375. The Labute approximate surface area is 132 Å². The normalized spacial score (nSPS) is 17.7. The smallest absolute Gasteiger partial charge is 0.154 e. The second-order valence-corrected chi connectivity index (χ2v) is 6.64. The lowest BCUT2D eigenvalue weighted by Gasteiger charge is -2.33. The summed E-state index contributed by atoms with van der Waals surface area (Å²) in [5.41, 5.74) is 2.05. The van der Waals surface area contributed by atoms with Crippen LogP contribution in [0.4, 0.5) is 5.82 Å². The first-order valence-corrected chi connectivity index (χ1v) is 8.56. The molecule has 0 amide bonds. The average molecular weight is 314 g/mol. The van der Waals surface area contributed by atoms with E-state index in [-0.39, 0.29) is 0 Å². The molecule has 0 unspecified atom stereocenters. The van der Waals surface area contributed by atoms with Crippen LogP contribution in [0.15, 0.2) is 35.2 Å². The summed E-state index contributed by atoms with van der Waals surface area (Å²) in [5.74, 6) is 0.686. The first-order chi connectivity index (χ1) is 10.7. The van der Waals surface area contributed by atoms with Gasteiger partial charge in [0.2, 0.25) is 0 Å². The number of fused-ring (bicyclic) bond motifs is 1. The molecule has 1 saturated carbocycles. The zero-order valence-electron chi connectivity index (χ0n) is 12.2. The minimum absolute atomic E-state index is 0.686. The van der Waals surface area contributed by atoms with Crippen LogP contribution in [-0.2, 0) is 0 Å². The second-order valence-electron chi connectivity index (χ2n) is 5.86. The second kappa shape index (κ2) is 5.37.